The lowest BCUT2D eigenvalue weighted by molar-refractivity contribution is 0.788. The van der Waals surface area contributed by atoms with Crippen molar-refractivity contribution < 1.29 is 0 Å². The monoisotopic (exact) mass is 332 g/mol. The van der Waals surface area contributed by atoms with Gasteiger partial charge in [0.15, 0.2) is 0 Å². The average molecular weight is 332 g/mol. The number of hydrogen-bond donors (Lipinski definition) is 0. The van der Waals surface area contributed by atoms with Gasteiger partial charge in [0.05, 0.1) is 5.75 Å². The van der Waals surface area contributed by atoms with E-state index in [0.717, 1.165) is 25.3 Å². The van der Waals surface area contributed by atoms with Gasteiger partial charge in [-0.25, -0.2) is 0 Å². The molecule has 0 fully saturated rings. The number of rotatable bonds is 4. The topological polar surface area (TPSA) is 15.6 Å². The molecule has 0 spiro atoms. The number of fused-ring (bicyclic) bond motifs is 1. The minimum absolute atomic E-state index is 0.906. The highest BCUT2D eigenvalue weighted by atomic mass is 32.2. The summed E-state index contributed by atoms with van der Waals surface area (Å²) >= 11 is 1.88. The highest BCUT2D eigenvalue weighted by Gasteiger charge is 2.17. The second kappa shape index (κ2) is 7.10. The van der Waals surface area contributed by atoms with Crippen LogP contribution in [-0.4, -0.2) is 24.7 Å². The molecule has 0 saturated carbocycles. The van der Waals surface area contributed by atoms with Crippen LogP contribution in [0.3, 0.4) is 0 Å². The van der Waals surface area contributed by atoms with Crippen molar-refractivity contribution in [3.8, 4) is 0 Å². The first-order chi connectivity index (χ1) is 11.9. The third-order valence-electron chi connectivity index (χ3n) is 4.32. The van der Waals surface area contributed by atoms with Crippen LogP contribution in [0.15, 0.2) is 82.7 Å². The Balaban J connectivity index is 1.56. The molecule has 2 nitrogen and oxygen atoms in total. The minimum atomic E-state index is 0.906. The Kier molecular flexibility index (Phi) is 4.52. The van der Waals surface area contributed by atoms with Crippen LogP contribution in [-0.2, 0) is 0 Å². The Bertz CT molecular complexity index is 853. The van der Waals surface area contributed by atoms with Crippen LogP contribution >= 0.6 is 11.8 Å². The van der Waals surface area contributed by atoms with Crippen LogP contribution in [0, 0.1) is 0 Å². The highest BCUT2D eigenvalue weighted by molar-refractivity contribution is 8.00. The summed E-state index contributed by atoms with van der Waals surface area (Å²) in [5.41, 5.74) is 1.24. The zero-order valence-corrected chi connectivity index (χ0v) is 14.4. The van der Waals surface area contributed by atoms with E-state index in [4.69, 9.17) is 4.99 Å². The Morgan fingerprint density at radius 1 is 0.875 bits per heavy atom. The van der Waals surface area contributed by atoms with Crippen LogP contribution in [0.4, 0.5) is 5.69 Å². The highest BCUT2D eigenvalue weighted by Crippen LogP contribution is 2.29. The van der Waals surface area contributed by atoms with Gasteiger partial charge in [-0.15, -0.1) is 11.8 Å². The Hall–Kier alpha value is -2.26. The fourth-order valence-electron chi connectivity index (χ4n) is 3.12. The minimum Gasteiger partial charge on any atom is -0.329 e. The van der Waals surface area contributed by atoms with Crippen LogP contribution in [0.1, 0.15) is 6.42 Å². The molecular weight excluding hydrogens is 312 g/mol. The van der Waals surface area contributed by atoms with Crippen LogP contribution in [0.25, 0.3) is 10.8 Å². The van der Waals surface area contributed by atoms with Gasteiger partial charge in [-0.3, -0.25) is 4.99 Å². The lowest BCUT2D eigenvalue weighted by Crippen LogP contribution is -2.37. The van der Waals surface area contributed by atoms with Gasteiger partial charge >= 0.3 is 0 Å². The number of amidine groups is 1. The molecule has 4 rings (SSSR count). The van der Waals surface area contributed by atoms with Crippen LogP contribution in [0.2, 0.25) is 0 Å². The first-order valence-electron chi connectivity index (χ1n) is 8.38. The summed E-state index contributed by atoms with van der Waals surface area (Å²) in [6.45, 7) is 1.99. The molecule has 1 heterocycles. The molecule has 1 aliphatic rings. The smallest absolute Gasteiger partial charge is 0.114 e. The molecule has 0 atom stereocenters. The van der Waals surface area contributed by atoms with Crippen molar-refractivity contribution in [2.75, 3.05) is 23.7 Å². The number of para-hydroxylation sites is 1. The molecule has 0 amide bonds. The molecule has 120 valence electrons. The fraction of sp³-hybridized carbons (Fsp3) is 0.190. The number of benzene rings is 3. The third-order valence-corrected chi connectivity index (χ3v) is 5.39. The van der Waals surface area contributed by atoms with Crippen LogP contribution in [0.5, 0.6) is 0 Å². The molecule has 3 aromatic rings. The molecule has 3 heteroatoms. The molecule has 0 aliphatic carbocycles. The SMILES string of the molecule is c1ccc(N2CCCN=C2CSc2cccc3ccccc23)cc1. The maximum atomic E-state index is 4.80. The first-order valence-corrected chi connectivity index (χ1v) is 9.37. The Morgan fingerprint density at radius 3 is 2.58 bits per heavy atom. The summed E-state index contributed by atoms with van der Waals surface area (Å²) in [4.78, 5) is 8.50. The van der Waals surface area contributed by atoms with Gasteiger partial charge in [0, 0.05) is 23.7 Å². The molecule has 0 saturated heterocycles. The molecule has 3 aromatic carbocycles. The van der Waals surface area contributed by atoms with E-state index < -0.39 is 0 Å². The van der Waals surface area contributed by atoms with E-state index in [1.54, 1.807) is 0 Å². The van der Waals surface area contributed by atoms with E-state index in [9.17, 15) is 0 Å². The fourth-order valence-corrected chi connectivity index (χ4v) is 4.17. The molecule has 0 unspecified atom stereocenters. The number of nitrogens with zero attached hydrogens (tertiary/aromatic N) is 2. The normalized spacial score (nSPS) is 14.7. The second-order valence-corrected chi connectivity index (χ2v) is 6.92. The van der Waals surface area contributed by atoms with Crippen molar-refractivity contribution in [3.05, 3.63) is 72.8 Å². The third kappa shape index (κ3) is 3.17. The summed E-state index contributed by atoms with van der Waals surface area (Å²) in [6, 6.07) is 25.7. The van der Waals surface area contributed by atoms with E-state index in [-0.39, 0.29) is 0 Å². The van der Waals surface area contributed by atoms with E-state index >= 15 is 0 Å². The summed E-state index contributed by atoms with van der Waals surface area (Å²) in [7, 11) is 0. The van der Waals surface area contributed by atoms with Crippen molar-refractivity contribution in [1.29, 1.82) is 0 Å². The molecular formula is C21H20N2S. The summed E-state index contributed by atoms with van der Waals surface area (Å²) in [6.07, 6.45) is 1.12. The molecule has 0 aromatic heterocycles. The van der Waals surface area contributed by atoms with Crippen molar-refractivity contribution in [2.24, 2.45) is 4.99 Å². The van der Waals surface area contributed by atoms with E-state index in [1.807, 2.05) is 11.8 Å². The van der Waals surface area contributed by atoms with Gasteiger partial charge in [-0.2, -0.15) is 0 Å². The molecule has 24 heavy (non-hydrogen) atoms. The number of anilines is 1. The first kappa shape index (κ1) is 15.3. The summed E-state index contributed by atoms with van der Waals surface area (Å²) < 4.78 is 0. The van der Waals surface area contributed by atoms with Gasteiger partial charge in [0.25, 0.3) is 0 Å². The predicted molar refractivity (Wildman–Crippen MR) is 105 cm³/mol. The zero-order valence-electron chi connectivity index (χ0n) is 13.6. The van der Waals surface area contributed by atoms with Crippen molar-refractivity contribution >= 4 is 34.1 Å². The lowest BCUT2D eigenvalue weighted by atomic mass is 10.1. The quantitative estimate of drug-likeness (QED) is 0.607. The lowest BCUT2D eigenvalue weighted by Gasteiger charge is -2.29. The summed E-state index contributed by atoms with van der Waals surface area (Å²) in [5.74, 6) is 2.09. The maximum absolute atomic E-state index is 4.80. The molecule has 1 aliphatic heterocycles. The van der Waals surface area contributed by atoms with Gasteiger partial charge in [0.1, 0.15) is 5.84 Å². The summed E-state index contributed by atoms with van der Waals surface area (Å²) in [5, 5.41) is 2.63. The Labute approximate surface area is 147 Å². The van der Waals surface area contributed by atoms with Crippen molar-refractivity contribution in [3.63, 3.8) is 0 Å². The number of hydrogen-bond acceptors (Lipinski definition) is 3. The largest absolute Gasteiger partial charge is 0.329 e. The van der Waals surface area contributed by atoms with Crippen molar-refractivity contribution in [2.45, 2.75) is 11.3 Å². The Morgan fingerprint density at radius 2 is 1.67 bits per heavy atom. The molecule has 0 radical (unpaired) electrons. The van der Waals surface area contributed by atoms with Crippen LogP contribution < -0.4 is 4.90 Å². The van der Waals surface area contributed by atoms with Gasteiger partial charge < -0.3 is 4.90 Å². The predicted octanol–water partition coefficient (Wildman–Crippen LogP) is 5.24. The standard InChI is InChI=1S/C21H20N2S/c1-2-10-18(11-3-1)23-15-7-14-22-21(23)16-24-20-13-6-9-17-8-4-5-12-19(17)20/h1-6,8-13H,7,14-16H2. The second-order valence-electron chi connectivity index (χ2n) is 5.90. The van der Waals surface area contributed by atoms with Gasteiger partial charge in [-0.05, 0) is 35.4 Å². The maximum Gasteiger partial charge on any atom is 0.114 e. The van der Waals surface area contributed by atoms with E-state index in [1.165, 1.54) is 27.2 Å². The van der Waals surface area contributed by atoms with E-state index in [0.29, 0.717) is 0 Å². The number of aliphatic imine (C=N–C) groups is 1. The van der Waals surface area contributed by atoms with Gasteiger partial charge in [-0.1, -0.05) is 54.6 Å². The van der Waals surface area contributed by atoms with Gasteiger partial charge in [0.2, 0.25) is 0 Å². The zero-order chi connectivity index (χ0) is 16.2. The van der Waals surface area contributed by atoms with E-state index in [2.05, 4.69) is 77.7 Å². The average Bonchev–Trinajstić information content (AvgIpc) is 2.67. The number of thioether (sulfide) groups is 1. The molecule has 0 N–H and O–H groups in total. The molecule has 0 bridgehead atoms. The van der Waals surface area contributed by atoms with Crippen molar-refractivity contribution in [1.82, 2.24) is 0 Å².